The Morgan fingerprint density at radius 3 is 2.60 bits per heavy atom. The Hall–Kier alpha value is -2.24. The number of nitrogens with one attached hydrogen (secondary N) is 1. The molecule has 2 rings (SSSR count). The molecule has 76 valence electrons. The van der Waals surface area contributed by atoms with Gasteiger partial charge in [0.05, 0.1) is 10.6 Å². The van der Waals surface area contributed by atoms with Crippen molar-refractivity contribution in [3.05, 3.63) is 51.8 Å². The third-order valence-corrected chi connectivity index (χ3v) is 2.00. The number of hydrogen-bond acceptors (Lipinski definition) is 4. The highest BCUT2D eigenvalue weighted by molar-refractivity contribution is 5.34. The lowest BCUT2D eigenvalue weighted by molar-refractivity contribution is -0.384. The van der Waals surface area contributed by atoms with Crippen LogP contribution in [0.15, 0.2) is 30.5 Å². The van der Waals surface area contributed by atoms with Crippen molar-refractivity contribution in [2.45, 2.75) is 6.42 Å². The lowest BCUT2D eigenvalue weighted by Crippen LogP contribution is -1.91. The normalized spacial score (nSPS) is 10.1. The molecule has 1 heterocycles. The van der Waals surface area contributed by atoms with Crippen LogP contribution in [0.4, 0.5) is 5.69 Å². The molecule has 2 aromatic rings. The van der Waals surface area contributed by atoms with Crippen LogP contribution in [-0.2, 0) is 6.42 Å². The summed E-state index contributed by atoms with van der Waals surface area (Å²) < 4.78 is 0. The molecule has 0 saturated carbocycles. The molecule has 0 aliphatic carbocycles. The van der Waals surface area contributed by atoms with E-state index >= 15 is 0 Å². The molecule has 0 aliphatic rings. The molecular weight excluding hydrogens is 196 g/mol. The van der Waals surface area contributed by atoms with E-state index in [1.54, 1.807) is 18.3 Å². The number of rotatable bonds is 3. The minimum Gasteiger partial charge on any atom is -0.265 e. The van der Waals surface area contributed by atoms with Gasteiger partial charge in [0.25, 0.3) is 5.69 Å². The zero-order valence-electron chi connectivity index (χ0n) is 7.75. The number of nitro groups is 1. The Labute approximate surface area is 85.1 Å². The minimum absolute atomic E-state index is 0.0962. The predicted molar refractivity (Wildman–Crippen MR) is 52.3 cm³/mol. The Morgan fingerprint density at radius 1 is 1.33 bits per heavy atom. The molecule has 0 fully saturated rings. The maximum atomic E-state index is 10.4. The van der Waals surface area contributed by atoms with Gasteiger partial charge in [0.15, 0.2) is 0 Å². The fourth-order valence-corrected chi connectivity index (χ4v) is 1.26. The van der Waals surface area contributed by atoms with Gasteiger partial charge in [-0.2, -0.15) is 0 Å². The molecule has 1 aromatic carbocycles. The Kier molecular flexibility index (Phi) is 2.40. The molecule has 0 amide bonds. The summed E-state index contributed by atoms with van der Waals surface area (Å²) in [6, 6.07) is 6.39. The molecule has 0 bridgehead atoms. The number of benzene rings is 1. The molecule has 6 heteroatoms. The summed E-state index contributed by atoms with van der Waals surface area (Å²) in [6.07, 6.45) is 2.32. The first kappa shape index (κ1) is 9.32. The average Bonchev–Trinajstić information content (AvgIpc) is 2.71. The summed E-state index contributed by atoms with van der Waals surface area (Å²) >= 11 is 0. The molecule has 0 saturated heterocycles. The third-order valence-electron chi connectivity index (χ3n) is 2.00. The van der Waals surface area contributed by atoms with E-state index in [0.717, 1.165) is 11.3 Å². The summed E-state index contributed by atoms with van der Waals surface area (Å²) in [5.41, 5.74) is 1.87. The molecule has 15 heavy (non-hydrogen) atoms. The summed E-state index contributed by atoms with van der Waals surface area (Å²) in [6.45, 7) is 0. The lowest BCUT2D eigenvalue weighted by Gasteiger charge is -1.96. The third kappa shape index (κ3) is 2.16. The van der Waals surface area contributed by atoms with Crippen LogP contribution >= 0.6 is 0 Å². The number of nitrogens with zero attached hydrogens (tertiary/aromatic N) is 3. The van der Waals surface area contributed by atoms with Gasteiger partial charge in [0, 0.05) is 24.8 Å². The van der Waals surface area contributed by atoms with Gasteiger partial charge >= 0.3 is 0 Å². The molecule has 0 atom stereocenters. The maximum Gasteiger partial charge on any atom is 0.269 e. The molecule has 0 spiro atoms. The molecule has 0 aliphatic heterocycles. The van der Waals surface area contributed by atoms with Crippen molar-refractivity contribution in [3.63, 3.8) is 0 Å². The van der Waals surface area contributed by atoms with Crippen LogP contribution in [0.3, 0.4) is 0 Å². The van der Waals surface area contributed by atoms with Gasteiger partial charge in [-0.3, -0.25) is 15.2 Å². The standard InChI is InChI=1S/C9H8N4O2/c14-13(15)9-3-1-7(2-4-9)5-8-6-10-12-11-8/h1-4,6H,5H2,(H,10,11,12). The van der Waals surface area contributed by atoms with E-state index in [-0.39, 0.29) is 5.69 Å². The van der Waals surface area contributed by atoms with Crippen molar-refractivity contribution in [1.29, 1.82) is 0 Å². The number of nitro benzene ring substituents is 1. The second-order valence-corrected chi connectivity index (χ2v) is 3.07. The van der Waals surface area contributed by atoms with E-state index in [1.165, 1.54) is 12.1 Å². The topological polar surface area (TPSA) is 84.7 Å². The van der Waals surface area contributed by atoms with Gasteiger partial charge in [0.1, 0.15) is 0 Å². The fraction of sp³-hybridized carbons (Fsp3) is 0.111. The van der Waals surface area contributed by atoms with Gasteiger partial charge in [-0.25, -0.2) is 0 Å². The second-order valence-electron chi connectivity index (χ2n) is 3.07. The Bertz CT molecular complexity index is 449. The smallest absolute Gasteiger partial charge is 0.265 e. The first-order valence-electron chi connectivity index (χ1n) is 4.34. The first-order chi connectivity index (χ1) is 7.25. The summed E-state index contributed by atoms with van der Waals surface area (Å²) in [5, 5.41) is 20.4. The highest BCUT2D eigenvalue weighted by atomic mass is 16.6. The van der Waals surface area contributed by atoms with Gasteiger partial charge in [-0.1, -0.05) is 17.3 Å². The summed E-state index contributed by atoms with van der Waals surface area (Å²) in [4.78, 5) is 9.99. The number of non-ortho nitro benzene ring substituents is 1. The van der Waals surface area contributed by atoms with Gasteiger partial charge in [0.2, 0.25) is 0 Å². The minimum atomic E-state index is -0.417. The van der Waals surface area contributed by atoms with E-state index in [2.05, 4.69) is 15.4 Å². The molecular formula is C9H8N4O2. The zero-order chi connectivity index (χ0) is 10.7. The van der Waals surface area contributed by atoms with E-state index in [9.17, 15) is 10.1 Å². The SMILES string of the molecule is O=[N+]([O-])c1ccc(Cc2c[nH]nn2)cc1. The van der Waals surface area contributed by atoms with Gasteiger partial charge < -0.3 is 0 Å². The first-order valence-corrected chi connectivity index (χ1v) is 4.34. The van der Waals surface area contributed by atoms with Crippen molar-refractivity contribution in [2.75, 3.05) is 0 Å². The van der Waals surface area contributed by atoms with Crippen molar-refractivity contribution < 1.29 is 4.92 Å². The monoisotopic (exact) mass is 204 g/mol. The quantitative estimate of drug-likeness (QED) is 0.603. The van der Waals surface area contributed by atoms with Crippen molar-refractivity contribution in [3.8, 4) is 0 Å². The number of hydrogen-bond donors (Lipinski definition) is 1. The van der Waals surface area contributed by atoms with E-state index < -0.39 is 4.92 Å². The van der Waals surface area contributed by atoms with Crippen LogP contribution in [0, 0.1) is 10.1 Å². The summed E-state index contributed by atoms with van der Waals surface area (Å²) in [7, 11) is 0. The van der Waals surface area contributed by atoms with Crippen molar-refractivity contribution >= 4 is 5.69 Å². The van der Waals surface area contributed by atoms with Gasteiger partial charge in [-0.05, 0) is 5.56 Å². The van der Waals surface area contributed by atoms with Crippen LogP contribution in [0.2, 0.25) is 0 Å². The van der Waals surface area contributed by atoms with Crippen molar-refractivity contribution in [1.82, 2.24) is 15.4 Å². The molecule has 0 radical (unpaired) electrons. The van der Waals surface area contributed by atoms with E-state index in [0.29, 0.717) is 6.42 Å². The predicted octanol–water partition coefficient (Wildman–Crippen LogP) is 1.30. The van der Waals surface area contributed by atoms with E-state index in [1.807, 2.05) is 0 Å². The summed E-state index contributed by atoms with van der Waals surface area (Å²) in [5.74, 6) is 0. The Balaban J connectivity index is 2.14. The zero-order valence-corrected chi connectivity index (χ0v) is 7.75. The number of aromatic amines is 1. The van der Waals surface area contributed by atoms with Crippen LogP contribution in [0.1, 0.15) is 11.3 Å². The van der Waals surface area contributed by atoms with Crippen LogP contribution < -0.4 is 0 Å². The molecule has 6 nitrogen and oxygen atoms in total. The van der Waals surface area contributed by atoms with Gasteiger partial charge in [-0.15, -0.1) is 5.10 Å². The van der Waals surface area contributed by atoms with Crippen LogP contribution in [0.25, 0.3) is 0 Å². The largest absolute Gasteiger partial charge is 0.269 e. The number of H-pyrrole nitrogens is 1. The average molecular weight is 204 g/mol. The Morgan fingerprint density at radius 2 is 2.07 bits per heavy atom. The van der Waals surface area contributed by atoms with Crippen LogP contribution in [0.5, 0.6) is 0 Å². The van der Waals surface area contributed by atoms with E-state index in [4.69, 9.17) is 0 Å². The lowest BCUT2D eigenvalue weighted by atomic mass is 10.1. The number of aromatic nitrogens is 3. The second kappa shape index (κ2) is 3.87. The molecule has 1 N–H and O–H groups in total. The maximum absolute atomic E-state index is 10.4. The molecule has 0 unspecified atom stereocenters. The highest BCUT2D eigenvalue weighted by Crippen LogP contribution is 2.13. The van der Waals surface area contributed by atoms with Crippen molar-refractivity contribution in [2.24, 2.45) is 0 Å². The molecule has 1 aromatic heterocycles. The van der Waals surface area contributed by atoms with Crippen LogP contribution in [-0.4, -0.2) is 20.3 Å². The fourth-order valence-electron chi connectivity index (χ4n) is 1.26. The highest BCUT2D eigenvalue weighted by Gasteiger charge is 2.04.